The number of amides is 1. The van der Waals surface area contributed by atoms with Crippen molar-refractivity contribution < 1.29 is 9.32 Å². The van der Waals surface area contributed by atoms with Crippen molar-refractivity contribution >= 4 is 17.6 Å². The molecule has 0 spiro atoms. The van der Waals surface area contributed by atoms with Gasteiger partial charge in [-0.05, 0) is 6.92 Å². The van der Waals surface area contributed by atoms with E-state index in [1.807, 2.05) is 0 Å². The van der Waals surface area contributed by atoms with Crippen molar-refractivity contribution in [3.63, 3.8) is 0 Å². The Hall–Kier alpha value is -2.38. The number of nitrogens with one attached hydrogen (secondary N) is 1. The monoisotopic (exact) mass is 222 g/mol. The van der Waals surface area contributed by atoms with Crippen molar-refractivity contribution in [1.82, 2.24) is 19.9 Å². The molecule has 0 aromatic carbocycles. The molecule has 0 aliphatic heterocycles. The fraction of sp³-hybridized carbons (Fsp3) is 0.250. The minimum Gasteiger partial charge on any atom is -0.396 e. The van der Waals surface area contributed by atoms with E-state index in [9.17, 15) is 4.79 Å². The number of rotatable bonds is 2. The SMILES string of the molecule is Cc1noc(NC(=O)c2nn(C)cc2N)n1. The van der Waals surface area contributed by atoms with Gasteiger partial charge in [-0.1, -0.05) is 5.16 Å². The van der Waals surface area contributed by atoms with E-state index in [0.29, 0.717) is 5.82 Å². The highest BCUT2D eigenvalue weighted by Crippen LogP contribution is 2.11. The molecule has 3 N–H and O–H groups in total. The van der Waals surface area contributed by atoms with Gasteiger partial charge in [-0.15, -0.1) is 0 Å². The van der Waals surface area contributed by atoms with Gasteiger partial charge in [0.05, 0.1) is 5.69 Å². The molecule has 8 nitrogen and oxygen atoms in total. The van der Waals surface area contributed by atoms with Gasteiger partial charge in [-0.2, -0.15) is 10.1 Å². The van der Waals surface area contributed by atoms with E-state index in [4.69, 9.17) is 10.3 Å². The molecule has 0 saturated carbocycles. The summed E-state index contributed by atoms with van der Waals surface area (Å²) in [5.41, 5.74) is 6.00. The fourth-order valence-electron chi connectivity index (χ4n) is 1.19. The zero-order valence-corrected chi connectivity index (χ0v) is 8.76. The van der Waals surface area contributed by atoms with Gasteiger partial charge >= 0.3 is 6.01 Å². The third kappa shape index (κ3) is 1.85. The summed E-state index contributed by atoms with van der Waals surface area (Å²) in [6.45, 7) is 1.65. The summed E-state index contributed by atoms with van der Waals surface area (Å²) in [5.74, 6) is -0.0500. The van der Waals surface area contributed by atoms with Gasteiger partial charge in [0, 0.05) is 13.2 Å². The predicted molar refractivity (Wildman–Crippen MR) is 54.6 cm³/mol. The molecule has 84 valence electrons. The van der Waals surface area contributed by atoms with Crippen LogP contribution >= 0.6 is 0 Å². The quantitative estimate of drug-likeness (QED) is 0.736. The standard InChI is InChI=1S/C8H10N6O2/c1-4-10-8(16-13-4)11-7(15)6-5(9)3-14(2)12-6/h3H,9H2,1-2H3,(H,10,11,13,15). The third-order valence-corrected chi connectivity index (χ3v) is 1.82. The Morgan fingerprint density at radius 1 is 1.62 bits per heavy atom. The van der Waals surface area contributed by atoms with Gasteiger partial charge in [-0.3, -0.25) is 14.8 Å². The van der Waals surface area contributed by atoms with Crippen LogP contribution in [0.4, 0.5) is 11.7 Å². The van der Waals surface area contributed by atoms with E-state index in [-0.39, 0.29) is 17.4 Å². The van der Waals surface area contributed by atoms with E-state index >= 15 is 0 Å². The van der Waals surface area contributed by atoms with E-state index in [0.717, 1.165) is 0 Å². The Morgan fingerprint density at radius 2 is 2.38 bits per heavy atom. The molecule has 2 rings (SSSR count). The van der Waals surface area contributed by atoms with Gasteiger partial charge in [0.25, 0.3) is 5.91 Å². The molecule has 2 heterocycles. The maximum atomic E-state index is 11.7. The lowest BCUT2D eigenvalue weighted by Crippen LogP contribution is -2.14. The Morgan fingerprint density at radius 3 is 2.88 bits per heavy atom. The van der Waals surface area contributed by atoms with Gasteiger partial charge in [-0.25, -0.2) is 0 Å². The number of aromatic nitrogens is 4. The van der Waals surface area contributed by atoms with Crippen LogP contribution in [-0.2, 0) is 7.05 Å². The minimum atomic E-state index is -0.484. The largest absolute Gasteiger partial charge is 0.396 e. The number of nitrogens with zero attached hydrogens (tertiary/aromatic N) is 4. The number of anilines is 2. The maximum absolute atomic E-state index is 11.7. The van der Waals surface area contributed by atoms with Gasteiger partial charge in [0.1, 0.15) is 0 Å². The van der Waals surface area contributed by atoms with Crippen LogP contribution in [0.25, 0.3) is 0 Å². The Labute approximate surface area is 90.4 Å². The van der Waals surface area contributed by atoms with Gasteiger partial charge in [0.2, 0.25) is 0 Å². The van der Waals surface area contributed by atoms with Crippen molar-refractivity contribution in [2.24, 2.45) is 7.05 Å². The first-order valence-electron chi connectivity index (χ1n) is 4.47. The summed E-state index contributed by atoms with van der Waals surface area (Å²) in [7, 11) is 1.67. The zero-order valence-electron chi connectivity index (χ0n) is 8.76. The number of hydrogen-bond donors (Lipinski definition) is 2. The summed E-state index contributed by atoms with van der Waals surface area (Å²) in [5, 5.41) is 9.83. The van der Waals surface area contributed by atoms with Crippen molar-refractivity contribution in [1.29, 1.82) is 0 Å². The van der Waals surface area contributed by atoms with Crippen LogP contribution < -0.4 is 11.1 Å². The number of carbonyl (C=O) groups is 1. The molecule has 0 saturated heterocycles. The molecule has 8 heteroatoms. The molecular weight excluding hydrogens is 212 g/mol. The fourth-order valence-corrected chi connectivity index (χ4v) is 1.19. The summed E-state index contributed by atoms with van der Waals surface area (Å²) in [4.78, 5) is 15.5. The summed E-state index contributed by atoms with van der Waals surface area (Å²) in [6, 6.07) is 0.0209. The van der Waals surface area contributed by atoms with E-state index in [2.05, 4.69) is 20.6 Å². The molecular formula is C8H10N6O2. The highest BCUT2D eigenvalue weighted by Gasteiger charge is 2.16. The van der Waals surface area contributed by atoms with Crippen LogP contribution in [0.3, 0.4) is 0 Å². The molecule has 1 amide bonds. The predicted octanol–water partition coefficient (Wildman–Crippen LogP) is -0.0540. The summed E-state index contributed by atoms with van der Waals surface area (Å²) >= 11 is 0. The van der Waals surface area contributed by atoms with Crippen molar-refractivity contribution in [3.8, 4) is 0 Å². The molecule has 16 heavy (non-hydrogen) atoms. The van der Waals surface area contributed by atoms with Crippen molar-refractivity contribution in [2.45, 2.75) is 6.92 Å². The van der Waals surface area contributed by atoms with Gasteiger partial charge in [0.15, 0.2) is 11.5 Å². The highest BCUT2D eigenvalue weighted by atomic mass is 16.5. The van der Waals surface area contributed by atoms with Crippen LogP contribution in [0.5, 0.6) is 0 Å². The van der Waals surface area contributed by atoms with E-state index < -0.39 is 5.91 Å². The van der Waals surface area contributed by atoms with E-state index in [1.54, 1.807) is 14.0 Å². The molecule has 2 aromatic rings. The maximum Gasteiger partial charge on any atom is 0.328 e. The normalized spacial score (nSPS) is 10.4. The highest BCUT2D eigenvalue weighted by molar-refractivity contribution is 6.05. The van der Waals surface area contributed by atoms with Crippen LogP contribution in [0, 0.1) is 6.92 Å². The first-order valence-corrected chi connectivity index (χ1v) is 4.47. The Balaban J connectivity index is 2.17. The number of aryl methyl sites for hydroxylation is 2. The minimum absolute atomic E-state index is 0.0209. The Kier molecular flexibility index (Phi) is 2.31. The third-order valence-electron chi connectivity index (χ3n) is 1.82. The van der Waals surface area contributed by atoms with Crippen LogP contribution in [0.2, 0.25) is 0 Å². The Bertz CT molecular complexity index is 528. The van der Waals surface area contributed by atoms with Crippen molar-refractivity contribution in [2.75, 3.05) is 11.1 Å². The average Bonchev–Trinajstić information content (AvgIpc) is 2.73. The second-order valence-corrected chi connectivity index (χ2v) is 3.21. The van der Waals surface area contributed by atoms with Gasteiger partial charge < -0.3 is 10.3 Å². The molecule has 0 unspecified atom stereocenters. The first-order chi connectivity index (χ1) is 7.56. The van der Waals surface area contributed by atoms with E-state index in [1.165, 1.54) is 10.9 Å². The average molecular weight is 222 g/mol. The smallest absolute Gasteiger partial charge is 0.328 e. The molecule has 2 aromatic heterocycles. The molecule has 0 bridgehead atoms. The lowest BCUT2D eigenvalue weighted by atomic mass is 10.3. The topological polar surface area (TPSA) is 112 Å². The second kappa shape index (κ2) is 3.65. The molecule has 0 atom stereocenters. The second-order valence-electron chi connectivity index (χ2n) is 3.21. The molecule has 0 aliphatic carbocycles. The molecule has 0 aliphatic rings. The zero-order chi connectivity index (χ0) is 11.7. The summed E-state index contributed by atoms with van der Waals surface area (Å²) in [6.07, 6.45) is 1.54. The first kappa shape index (κ1) is 10.1. The lowest BCUT2D eigenvalue weighted by molar-refractivity contribution is 0.101. The molecule has 0 fully saturated rings. The van der Waals surface area contributed by atoms with Crippen LogP contribution in [-0.4, -0.2) is 25.8 Å². The number of nitrogen functional groups attached to an aromatic ring is 1. The van der Waals surface area contributed by atoms with Crippen LogP contribution in [0.1, 0.15) is 16.3 Å². The van der Waals surface area contributed by atoms with Crippen LogP contribution in [0.15, 0.2) is 10.7 Å². The number of nitrogens with two attached hydrogens (primary N) is 1. The number of hydrogen-bond acceptors (Lipinski definition) is 6. The van der Waals surface area contributed by atoms with Crippen molar-refractivity contribution in [3.05, 3.63) is 17.7 Å². The molecule has 0 radical (unpaired) electrons. The summed E-state index contributed by atoms with van der Waals surface area (Å²) < 4.78 is 6.18. The number of carbonyl (C=O) groups excluding carboxylic acids is 1. The lowest BCUT2D eigenvalue weighted by Gasteiger charge is -1.96.